The van der Waals surface area contributed by atoms with Crippen LogP contribution >= 0.6 is 0 Å². The Kier molecular flexibility index (Phi) is 7.68. The number of nitrogens with zero attached hydrogens (tertiary/aromatic N) is 1. The summed E-state index contributed by atoms with van der Waals surface area (Å²) in [7, 11) is 1.37. The molecule has 0 unspecified atom stereocenters. The largest absolute Gasteiger partial charge is 0.493 e. The Bertz CT molecular complexity index is 1210. The monoisotopic (exact) mass is 496 g/mol. The van der Waals surface area contributed by atoms with Crippen molar-refractivity contribution in [2.45, 2.75) is 19.0 Å². The predicted octanol–water partition coefficient (Wildman–Crippen LogP) is 6.08. The van der Waals surface area contributed by atoms with Crippen LogP contribution in [0.4, 0.5) is 26.3 Å². The number of hydrogen-bond acceptors (Lipinski definition) is 4. The molecule has 11 heteroatoms. The molecule has 0 aliphatic rings. The Balaban J connectivity index is 1.62. The van der Waals surface area contributed by atoms with Gasteiger partial charge < -0.3 is 9.47 Å². The molecule has 0 spiro atoms. The maximum Gasteiger partial charge on any atom is 0.416 e. The van der Waals surface area contributed by atoms with E-state index in [-0.39, 0.29) is 23.7 Å². The van der Waals surface area contributed by atoms with Crippen LogP contribution in [0.25, 0.3) is 0 Å². The second-order valence-electron chi connectivity index (χ2n) is 7.17. The van der Waals surface area contributed by atoms with Gasteiger partial charge in [0.25, 0.3) is 5.91 Å². The number of ether oxygens (including phenoxy) is 2. The minimum atomic E-state index is -4.50. The topological polar surface area (TPSA) is 59.9 Å². The second kappa shape index (κ2) is 10.5. The normalized spacial score (nSPS) is 12.0. The van der Waals surface area contributed by atoms with Crippen LogP contribution in [0.3, 0.4) is 0 Å². The lowest BCUT2D eigenvalue weighted by atomic mass is 10.1. The van der Waals surface area contributed by atoms with Gasteiger partial charge in [-0.2, -0.15) is 31.4 Å². The fraction of sp³-hybridized carbons (Fsp3) is 0.167. The summed E-state index contributed by atoms with van der Waals surface area (Å²) in [5.74, 6) is -0.158. The number of amides is 1. The van der Waals surface area contributed by atoms with Gasteiger partial charge in [-0.3, -0.25) is 4.79 Å². The quantitative estimate of drug-likeness (QED) is 0.245. The number of carbonyl (C=O) groups is 1. The van der Waals surface area contributed by atoms with Gasteiger partial charge in [-0.25, -0.2) is 5.43 Å². The molecule has 0 bridgehead atoms. The van der Waals surface area contributed by atoms with Crippen LogP contribution in [0, 0.1) is 0 Å². The highest BCUT2D eigenvalue weighted by Gasteiger charge is 2.31. The first kappa shape index (κ1) is 25.6. The Labute approximate surface area is 196 Å². The predicted molar refractivity (Wildman–Crippen MR) is 115 cm³/mol. The molecule has 3 rings (SSSR count). The SMILES string of the molecule is COc1cc(/C=N/NC(=O)c2ccc(C(F)(F)F)cc2)ccc1OCc1cccc(C(F)(F)F)c1. The third-order valence-electron chi connectivity index (χ3n) is 4.69. The number of benzene rings is 3. The zero-order valence-electron chi connectivity index (χ0n) is 18.1. The van der Waals surface area contributed by atoms with Crippen molar-refractivity contribution >= 4 is 12.1 Å². The molecule has 0 saturated carbocycles. The maximum absolute atomic E-state index is 12.9. The fourth-order valence-electron chi connectivity index (χ4n) is 2.92. The van der Waals surface area contributed by atoms with Crippen LogP contribution in [-0.4, -0.2) is 19.2 Å². The molecule has 0 aromatic heterocycles. The molecule has 0 aliphatic heterocycles. The van der Waals surface area contributed by atoms with Gasteiger partial charge in [-0.15, -0.1) is 0 Å². The summed E-state index contributed by atoms with van der Waals surface area (Å²) in [6, 6.07) is 13.0. The van der Waals surface area contributed by atoms with Gasteiger partial charge in [-0.1, -0.05) is 12.1 Å². The first-order valence-electron chi connectivity index (χ1n) is 9.95. The lowest BCUT2D eigenvalue weighted by Crippen LogP contribution is -2.18. The molecule has 1 amide bonds. The van der Waals surface area contributed by atoms with Crippen molar-refractivity contribution in [2.75, 3.05) is 7.11 Å². The van der Waals surface area contributed by atoms with Crippen LogP contribution in [0.1, 0.15) is 32.6 Å². The second-order valence-corrected chi connectivity index (χ2v) is 7.17. The molecule has 5 nitrogen and oxygen atoms in total. The Morgan fingerprint density at radius 3 is 2.20 bits per heavy atom. The fourth-order valence-corrected chi connectivity index (χ4v) is 2.92. The summed E-state index contributed by atoms with van der Waals surface area (Å²) >= 11 is 0. The summed E-state index contributed by atoms with van der Waals surface area (Å²) in [4.78, 5) is 12.1. The third kappa shape index (κ3) is 6.98. The molecule has 35 heavy (non-hydrogen) atoms. The van der Waals surface area contributed by atoms with E-state index in [1.165, 1.54) is 37.6 Å². The molecular formula is C24H18F6N2O3. The summed E-state index contributed by atoms with van der Waals surface area (Å²) in [6.45, 7) is -0.128. The lowest BCUT2D eigenvalue weighted by Gasteiger charge is -2.12. The number of methoxy groups -OCH3 is 1. The van der Waals surface area contributed by atoms with Crippen molar-refractivity contribution in [1.29, 1.82) is 0 Å². The molecule has 0 aliphatic carbocycles. The van der Waals surface area contributed by atoms with Crippen molar-refractivity contribution in [3.63, 3.8) is 0 Å². The van der Waals surface area contributed by atoms with Gasteiger partial charge in [0.1, 0.15) is 6.61 Å². The van der Waals surface area contributed by atoms with Gasteiger partial charge in [0.15, 0.2) is 11.5 Å². The molecule has 3 aromatic rings. The van der Waals surface area contributed by atoms with Crippen LogP contribution in [-0.2, 0) is 19.0 Å². The van der Waals surface area contributed by atoms with Crippen molar-refractivity contribution in [1.82, 2.24) is 5.43 Å². The van der Waals surface area contributed by atoms with Gasteiger partial charge in [0, 0.05) is 5.56 Å². The minimum Gasteiger partial charge on any atom is -0.493 e. The molecule has 0 radical (unpaired) electrons. The van der Waals surface area contributed by atoms with Crippen molar-refractivity contribution < 1.29 is 40.6 Å². The van der Waals surface area contributed by atoms with E-state index in [9.17, 15) is 31.1 Å². The van der Waals surface area contributed by atoms with E-state index in [1.54, 1.807) is 6.07 Å². The minimum absolute atomic E-state index is 0.00827. The van der Waals surface area contributed by atoms with E-state index in [1.807, 2.05) is 0 Å². The summed E-state index contributed by atoms with van der Waals surface area (Å²) < 4.78 is 87.2. The van der Waals surface area contributed by atoms with E-state index in [0.717, 1.165) is 36.4 Å². The molecule has 0 saturated heterocycles. The maximum atomic E-state index is 12.9. The summed E-state index contributed by atoms with van der Waals surface area (Å²) in [5, 5.41) is 3.77. The van der Waals surface area contributed by atoms with Crippen LogP contribution in [0.15, 0.2) is 71.8 Å². The van der Waals surface area contributed by atoms with Gasteiger partial charge in [0.05, 0.1) is 24.5 Å². The number of carbonyl (C=O) groups excluding carboxylic acids is 1. The standard InChI is InChI=1S/C24H18F6N2O3/c1-34-21-12-15(13-31-32-22(33)17-6-8-18(9-7-17)23(25,26)27)5-10-20(21)35-14-16-3-2-4-19(11-16)24(28,29)30/h2-13H,14H2,1H3,(H,32,33)/b31-13+. The number of rotatable bonds is 7. The highest BCUT2D eigenvalue weighted by Crippen LogP contribution is 2.31. The molecule has 0 heterocycles. The number of halogens is 6. The van der Waals surface area contributed by atoms with Gasteiger partial charge in [0.2, 0.25) is 0 Å². The summed E-state index contributed by atoms with van der Waals surface area (Å²) in [6.07, 6.45) is -7.69. The van der Waals surface area contributed by atoms with Crippen molar-refractivity contribution in [3.8, 4) is 11.5 Å². The number of hydrazone groups is 1. The van der Waals surface area contributed by atoms with E-state index < -0.39 is 29.4 Å². The third-order valence-corrected chi connectivity index (χ3v) is 4.69. The van der Waals surface area contributed by atoms with E-state index in [2.05, 4.69) is 10.5 Å². The Morgan fingerprint density at radius 2 is 1.57 bits per heavy atom. The molecular weight excluding hydrogens is 478 g/mol. The smallest absolute Gasteiger partial charge is 0.416 e. The highest BCUT2D eigenvalue weighted by molar-refractivity contribution is 5.95. The van der Waals surface area contributed by atoms with E-state index in [4.69, 9.17) is 9.47 Å². The summed E-state index contributed by atoms with van der Waals surface area (Å²) in [5.41, 5.74) is 1.35. The zero-order valence-corrected chi connectivity index (χ0v) is 18.1. The van der Waals surface area contributed by atoms with E-state index in [0.29, 0.717) is 11.1 Å². The Hall–Kier alpha value is -4.02. The van der Waals surface area contributed by atoms with Crippen LogP contribution in [0.2, 0.25) is 0 Å². The van der Waals surface area contributed by atoms with E-state index >= 15 is 0 Å². The average Bonchev–Trinajstić information content (AvgIpc) is 2.82. The Morgan fingerprint density at radius 1 is 0.886 bits per heavy atom. The first-order chi connectivity index (χ1) is 16.5. The van der Waals surface area contributed by atoms with Gasteiger partial charge >= 0.3 is 12.4 Å². The molecule has 184 valence electrons. The van der Waals surface area contributed by atoms with Crippen molar-refractivity contribution in [2.24, 2.45) is 5.10 Å². The number of alkyl halides is 6. The molecule has 0 fully saturated rings. The van der Waals surface area contributed by atoms with Gasteiger partial charge in [-0.05, 0) is 65.7 Å². The molecule has 0 atom stereocenters. The lowest BCUT2D eigenvalue weighted by molar-refractivity contribution is -0.138. The first-order valence-corrected chi connectivity index (χ1v) is 9.95. The zero-order chi connectivity index (χ0) is 25.6. The molecule has 1 N–H and O–H groups in total. The average molecular weight is 496 g/mol. The molecule has 3 aromatic carbocycles. The van der Waals surface area contributed by atoms with Crippen LogP contribution < -0.4 is 14.9 Å². The highest BCUT2D eigenvalue weighted by atomic mass is 19.4. The van der Waals surface area contributed by atoms with Crippen LogP contribution in [0.5, 0.6) is 11.5 Å². The van der Waals surface area contributed by atoms with Crippen molar-refractivity contribution in [3.05, 3.63) is 94.5 Å². The number of hydrogen-bond donors (Lipinski definition) is 1. The number of nitrogens with one attached hydrogen (secondary N) is 1.